The van der Waals surface area contributed by atoms with Crippen LogP contribution in [0.1, 0.15) is 0 Å². The fourth-order valence-corrected chi connectivity index (χ4v) is 6.60. The Labute approximate surface area is 246 Å². The first kappa shape index (κ1) is 24.3. The second kappa shape index (κ2) is 10.2. The summed E-state index contributed by atoms with van der Waals surface area (Å²) in [6.07, 6.45) is 0. The van der Waals surface area contributed by atoms with Gasteiger partial charge in [0.2, 0.25) is 0 Å². The molecule has 0 unspecified atom stereocenters. The maximum Gasteiger partial charge on any atom is -0.00201 e. The van der Waals surface area contributed by atoms with Crippen LogP contribution in [0.25, 0.3) is 76.8 Å². The lowest BCUT2D eigenvalue weighted by molar-refractivity contribution is 1.60. The van der Waals surface area contributed by atoms with Gasteiger partial charge in [-0.3, -0.25) is 0 Å². The minimum atomic E-state index is 1.23. The summed E-state index contributed by atoms with van der Waals surface area (Å²) in [4.78, 5) is 0. The normalized spacial score (nSPS) is 11.3. The van der Waals surface area contributed by atoms with Gasteiger partial charge in [-0.15, -0.1) is 0 Å². The van der Waals surface area contributed by atoms with Gasteiger partial charge in [0.25, 0.3) is 0 Å². The van der Waals surface area contributed by atoms with Crippen LogP contribution in [0.15, 0.2) is 170 Å². The first-order chi connectivity index (χ1) is 20.9. The van der Waals surface area contributed by atoms with E-state index in [0.29, 0.717) is 0 Å². The smallest absolute Gasteiger partial charge is 0.00201 e. The molecule has 0 aliphatic heterocycles. The average Bonchev–Trinajstić information content (AvgIpc) is 3.07. The minimum Gasteiger partial charge on any atom is -0.0622 e. The highest BCUT2D eigenvalue weighted by Gasteiger charge is 2.19. The first-order valence-electron chi connectivity index (χ1n) is 14.5. The van der Waals surface area contributed by atoms with Gasteiger partial charge in [-0.1, -0.05) is 164 Å². The van der Waals surface area contributed by atoms with Crippen LogP contribution in [0.3, 0.4) is 0 Å². The Balaban J connectivity index is 1.52. The molecule has 0 bridgehead atoms. The molecule has 0 radical (unpaired) electrons. The van der Waals surface area contributed by atoms with Crippen LogP contribution in [0.4, 0.5) is 0 Å². The second-order valence-corrected chi connectivity index (χ2v) is 10.9. The van der Waals surface area contributed by atoms with E-state index in [-0.39, 0.29) is 0 Å². The zero-order chi connectivity index (χ0) is 27.9. The van der Waals surface area contributed by atoms with E-state index in [1.165, 1.54) is 76.8 Å². The maximum atomic E-state index is 2.42. The van der Waals surface area contributed by atoms with Gasteiger partial charge < -0.3 is 0 Å². The van der Waals surface area contributed by atoms with Gasteiger partial charge in [0.05, 0.1) is 0 Å². The highest BCUT2D eigenvalue weighted by molar-refractivity contribution is 6.23. The van der Waals surface area contributed by atoms with E-state index in [1.54, 1.807) is 0 Å². The van der Waals surface area contributed by atoms with Crippen molar-refractivity contribution < 1.29 is 0 Å². The molecule has 0 N–H and O–H groups in total. The van der Waals surface area contributed by atoms with Gasteiger partial charge >= 0.3 is 0 Å². The SMILES string of the molecule is c1ccc(-c2ccccc2-c2c3ccccc3c(-c3ccccc3)c3cc(-c4cccc5ccccc45)ccc23)cc1. The molecule has 0 heteroatoms. The first-order valence-corrected chi connectivity index (χ1v) is 14.5. The topological polar surface area (TPSA) is 0 Å². The third-order valence-corrected chi connectivity index (χ3v) is 8.47. The molecule has 8 aromatic rings. The van der Waals surface area contributed by atoms with E-state index in [4.69, 9.17) is 0 Å². The van der Waals surface area contributed by atoms with E-state index in [0.717, 1.165) is 0 Å². The van der Waals surface area contributed by atoms with Crippen LogP contribution in [0.5, 0.6) is 0 Å². The minimum absolute atomic E-state index is 1.23. The molecule has 196 valence electrons. The van der Waals surface area contributed by atoms with Crippen molar-refractivity contribution >= 4 is 32.3 Å². The van der Waals surface area contributed by atoms with Crippen molar-refractivity contribution in [3.8, 4) is 44.5 Å². The predicted octanol–water partition coefficient (Wildman–Crippen LogP) is 11.8. The molecule has 0 aliphatic carbocycles. The molecule has 0 aliphatic rings. The van der Waals surface area contributed by atoms with E-state index >= 15 is 0 Å². The summed E-state index contributed by atoms with van der Waals surface area (Å²) in [5.74, 6) is 0. The molecule has 42 heavy (non-hydrogen) atoms. The third kappa shape index (κ3) is 4.00. The van der Waals surface area contributed by atoms with Gasteiger partial charge in [0.1, 0.15) is 0 Å². The van der Waals surface area contributed by atoms with E-state index in [1.807, 2.05) is 0 Å². The van der Waals surface area contributed by atoms with Gasteiger partial charge in [0.15, 0.2) is 0 Å². The Morgan fingerprint density at radius 3 is 1.52 bits per heavy atom. The van der Waals surface area contributed by atoms with Crippen LogP contribution < -0.4 is 0 Å². The molecule has 8 rings (SSSR count). The van der Waals surface area contributed by atoms with Crippen LogP contribution in [-0.2, 0) is 0 Å². The average molecular weight is 533 g/mol. The quantitative estimate of drug-likeness (QED) is 0.198. The molecule has 0 nitrogen and oxygen atoms in total. The number of benzene rings is 8. The van der Waals surface area contributed by atoms with Crippen molar-refractivity contribution in [2.75, 3.05) is 0 Å². The van der Waals surface area contributed by atoms with Gasteiger partial charge in [-0.25, -0.2) is 0 Å². The highest BCUT2D eigenvalue weighted by Crippen LogP contribution is 2.47. The Morgan fingerprint density at radius 2 is 0.762 bits per heavy atom. The second-order valence-electron chi connectivity index (χ2n) is 10.9. The molecule has 0 fully saturated rings. The summed E-state index contributed by atoms with van der Waals surface area (Å²) < 4.78 is 0. The lowest BCUT2D eigenvalue weighted by atomic mass is 9.83. The highest BCUT2D eigenvalue weighted by atomic mass is 14.2. The van der Waals surface area contributed by atoms with Crippen molar-refractivity contribution in [3.05, 3.63) is 170 Å². The zero-order valence-corrected chi connectivity index (χ0v) is 23.2. The lowest BCUT2D eigenvalue weighted by Crippen LogP contribution is -1.93. The van der Waals surface area contributed by atoms with Gasteiger partial charge in [-0.05, 0) is 82.9 Å². The van der Waals surface area contributed by atoms with Crippen molar-refractivity contribution in [2.45, 2.75) is 0 Å². The van der Waals surface area contributed by atoms with Crippen LogP contribution in [-0.4, -0.2) is 0 Å². The molecular weight excluding hydrogens is 504 g/mol. The maximum absolute atomic E-state index is 2.42. The third-order valence-electron chi connectivity index (χ3n) is 8.47. The molecule has 0 spiro atoms. The molecule has 0 heterocycles. The summed E-state index contributed by atoms with van der Waals surface area (Å²) in [5.41, 5.74) is 10.0. The molecule has 0 aromatic heterocycles. The Bertz CT molecular complexity index is 2220. The zero-order valence-electron chi connectivity index (χ0n) is 23.2. The molecule has 0 amide bonds. The van der Waals surface area contributed by atoms with E-state index in [9.17, 15) is 0 Å². The van der Waals surface area contributed by atoms with Crippen molar-refractivity contribution in [2.24, 2.45) is 0 Å². The predicted molar refractivity (Wildman–Crippen MR) is 181 cm³/mol. The summed E-state index contributed by atoms with van der Waals surface area (Å²) in [5, 5.41) is 7.60. The molecule has 8 aromatic carbocycles. The number of rotatable bonds is 4. The number of fused-ring (bicyclic) bond motifs is 3. The van der Waals surface area contributed by atoms with E-state index < -0.39 is 0 Å². The monoisotopic (exact) mass is 532 g/mol. The van der Waals surface area contributed by atoms with E-state index in [2.05, 4.69) is 170 Å². The molecular formula is C42H28. The fraction of sp³-hybridized carbons (Fsp3) is 0. The van der Waals surface area contributed by atoms with Gasteiger partial charge in [0, 0.05) is 0 Å². The number of hydrogen-bond donors (Lipinski definition) is 0. The Kier molecular flexibility index (Phi) is 5.90. The Hall–Kier alpha value is -5.46. The molecule has 0 atom stereocenters. The largest absolute Gasteiger partial charge is 0.0622 e. The van der Waals surface area contributed by atoms with Crippen molar-refractivity contribution in [3.63, 3.8) is 0 Å². The van der Waals surface area contributed by atoms with Crippen molar-refractivity contribution in [1.82, 2.24) is 0 Å². The van der Waals surface area contributed by atoms with Gasteiger partial charge in [-0.2, -0.15) is 0 Å². The van der Waals surface area contributed by atoms with Crippen LogP contribution in [0.2, 0.25) is 0 Å². The number of hydrogen-bond acceptors (Lipinski definition) is 0. The Morgan fingerprint density at radius 1 is 0.238 bits per heavy atom. The fourth-order valence-electron chi connectivity index (χ4n) is 6.60. The summed E-state index contributed by atoms with van der Waals surface area (Å²) in [6.45, 7) is 0. The molecule has 0 saturated carbocycles. The standard InChI is InChI=1S/C42H28/c1-3-14-29(15-4-1)34-21-9-10-22-36(34)42-38-24-12-11-23-37(38)41(31-17-5-2-6-18-31)40-28-32(26-27-39(40)42)35-25-13-19-30-16-7-8-20-33(30)35/h1-28H. The van der Waals surface area contributed by atoms with Crippen molar-refractivity contribution in [1.29, 1.82) is 0 Å². The lowest BCUT2D eigenvalue weighted by Gasteiger charge is -2.20. The summed E-state index contributed by atoms with van der Waals surface area (Å²) in [7, 11) is 0. The summed E-state index contributed by atoms with van der Waals surface area (Å²) in [6, 6.07) is 61.7. The summed E-state index contributed by atoms with van der Waals surface area (Å²) >= 11 is 0. The van der Waals surface area contributed by atoms with Crippen LogP contribution >= 0.6 is 0 Å². The molecule has 0 saturated heterocycles. The van der Waals surface area contributed by atoms with Crippen LogP contribution in [0, 0.1) is 0 Å².